The molecule has 2 amide bonds. The number of amidine groups is 1. The average molecular weight is 466 g/mol. The third-order valence-corrected chi connectivity index (χ3v) is 8.03. The Morgan fingerprint density at radius 3 is 2.45 bits per heavy atom. The van der Waals surface area contributed by atoms with Gasteiger partial charge in [0.05, 0.1) is 16.9 Å². The van der Waals surface area contributed by atoms with E-state index in [-0.39, 0.29) is 23.7 Å². The largest absolute Gasteiger partial charge is 0.353 e. The van der Waals surface area contributed by atoms with Gasteiger partial charge in [-0.3, -0.25) is 19.4 Å². The molecule has 2 aromatic rings. The van der Waals surface area contributed by atoms with Gasteiger partial charge in [0, 0.05) is 49.4 Å². The second-order valence-electron chi connectivity index (χ2n) is 9.27. The van der Waals surface area contributed by atoms with Gasteiger partial charge in [-0.1, -0.05) is 26.0 Å². The highest BCUT2D eigenvalue weighted by molar-refractivity contribution is 7.16. The van der Waals surface area contributed by atoms with E-state index in [1.807, 2.05) is 26.0 Å². The van der Waals surface area contributed by atoms with Crippen molar-refractivity contribution in [1.29, 1.82) is 0 Å². The molecule has 33 heavy (non-hydrogen) atoms. The van der Waals surface area contributed by atoms with Crippen LogP contribution in [0.4, 0.5) is 16.4 Å². The first-order valence-electron chi connectivity index (χ1n) is 11.8. The molecule has 1 N–H and O–H groups in total. The number of fused-ring (bicyclic) bond motifs is 2. The molecule has 0 bridgehead atoms. The Bertz CT molecular complexity index is 1080. The zero-order valence-electron chi connectivity index (χ0n) is 19.5. The van der Waals surface area contributed by atoms with Crippen molar-refractivity contribution < 1.29 is 9.59 Å². The fourth-order valence-electron chi connectivity index (χ4n) is 4.87. The average Bonchev–Trinajstić information content (AvgIpc) is 3.20. The molecule has 0 spiro atoms. The molecule has 0 saturated carbocycles. The Morgan fingerprint density at radius 2 is 1.73 bits per heavy atom. The van der Waals surface area contributed by atoms with Crippen molar-refractivity contribution in [2.45, 2.75) is 27.2 Å². The van der Waals surface area contributed by atoms with Crippen LogP contribution in [0.3, 0.4) is 0 Å². The highest BCUT2D eigenvalue weighted by Crippen LogP contribution is 2.39. The zero-order valence-corrected chi connectivity index (χ0v) is 20.3. The van der Waals surface area contributed by atoms with Crippen LogP contribution in [0.1, 0.15) is 30.7 Å². The molecule has 2 saturated heterocycles. The summed E-state index contributed by atoms with van der Waals surface area (Å²) in [6.45, 7) is 11.0. The number of anilines is 2. The van der Waals surface area contributed by atoms with E-state index in [1.165, 1.54) is 15.3 Å². The van der Waals surface area contributed by atoms with Gasteiger partial charge < -0.3 is 10.2 Å². The number of rotatable bonds is 4. The normalized spacial score (nSPS) is 23.2. The summed E-state index contributed by atoms with van der Waals surface area (Å²) in [7, 11) is 0. The number of likely N-dealkylation sites (tertiary alicyclic amines) is 1. The number of nitrogens with zero attached hydrogens (tertiary/aromatic N) is 4. The number of nitrogens with one attached hydrogen (secondary N) is 1. The van der Waals surface area contributed by atoms with E-state index in [0.717, 1.165) is 61.4 Å². The van der Waals surface area contributed by atoms with Crippen LogP contribution >= 0.6 is 11.3 Å². The third kappa shape index (κ3) is 4.17. The highest BCUT2D eigenvalue weighted by atomic mass is 32.1. The van der Waals surface area contributed by atoms with Crippen molar-refractivity contribution >= 4 is 45.4 Å². The molecule has 174 valence electrons. The smallest absolute Gasteiger partial charge is 0.232 e. The Balaban J connectivity index is 1.22. The van der Waals surface area contributed by atoms with Crippen molar-refractivity contribution in [3.63, 3.8) is 0 Å². The van der Waals surface area contributed by atoms with E-state index in [9.17, 15) is 9.59 Å². The standard InChI is InChI=1S/C25H31N5O2S/c1-16-15-19-22(26-20-7-4-5-8-21(20)27-23(19)33-16)29-13-11-28(12-14-29)9-6-10-30-24(31)17(2)18(3)25(30)32/h4-5,7-8,15,17-18,27H,6,9-14H2,1-3H3. The number of hydrogen-bond donors (Lipinski definition) is 1. The summed E-state index contributed by atoms with van der Waals surface area (Å²) < 4.78 is 0. The molecule has 0 radical (unpaired) electrons. The van der Waals surface area contributed by atoms with Gasteiger partial charge in [-0.15, -0.1) is 11.3 Å². The second kappa shape index (κ2) is 8.91. The number of aryl methyl sites for hydroxylation is 1. The number of thiophene rings is 1. The van der Waals surface area contributed by atoms with Gasteiger partial charge in [-0.05, 0) is 38.1 Å². The molecule has 2 unspecified atom stereocenters. The van der Waals surface area contributed by atoms with E-state index >= 15 is 0 Å². The van der Waals surface area contributed by atoms with Gasteiger partial charge in [-0.25, -0.2) is 4.99 Å². The molecule has 5 rings (SSSR count). The summed E-state index contributed by atoms with van der Waals surface area (Å²) in [4.78, 5) is 37.3. The highest BCUT2D eigenvalue weighted by Gasteiger charge is 2.41. The van der Waals surface area contributed by atoms with E-state index < -0.39 is 0 Å². The van der Waals surface area contributed by atoms with Crippen LogP contribution in [-0.4, -0.2) is 71.6 Å². The lowest BCUT2D eigenvalue weighted by molar-refractivity contribution is -0.139. The number of amides is 2. The third-order valence-electron chi connectivity index (χ3n) is 7.06. The topological polar surface area (TPSA) is 68.2 Å². The van der Waals surface area contributed by atoms with Crippen LogP contribution in [0.2, 0.25) is 0 Å². The van der Waals surface area contributed by atoms with Crippen LogP contribution in [-0.2, 0) is 9.59 Å². The maximum Gasteiger partial charge on any atom is 0.232 e. The minimum Gasteiger partial charge on any atom is -0.353 e. The first-order chi connectivity index (χ1) is 15.9. The molecule has 3 aliphatic rings. The zero-order chi connectivity index (χ0) is 23.1. The van der Waals surface area contributed by atoms with Crippen molar-refractivity contribution in [3.8, 4) is 0 Å². The lowest BCUT2D eigenvalue weighted by atomic mass is 10.00. The van der Waals surface area contributed by atoms with Crippen LogP contribution in [0, 0.1) is 18.8 Å². The second-order valence-corrected chi connectivity index (χ2v) is 10.5. The van der Waals surface area contributed by atoms with Crippen LogP contribution in [0.25, 0.3) is 0 Å². The minimum atomic E-state index is -0.188. The number of piperazine rings is 1. The van der Waals surface area contributed by atoms with Gasteiger partial charge in [0.25, 0.3) is 0 Å². The van der Waals surface area contributed by atoms with Gasteiger partial charge in [0.2, 0.25) is 11.8 Å². The predicted molar refractivity (Wildman–Crippen MR) is 133 cm³/mol. The van der Waals surface area contributed by atoms with Crippen LogP contribution in [0.15, 0.2) is 35.3 Å². The molecule has 1 aromatic heterocycles. The van der Waals surface area contributed by atoms with E-state index in [2.05, 4.69) is 40.2 Å². The molecular formula is C25H31N5O2S. The molecule has 8 heteroatoms. The predicted octanol–water partition coefficient (Wildman–Crippen LogP) is 3.84. The van der Waals surface area contributed by atoms with Gasteiger partial charge in [0.1, 0.15) is 10.8 Å². The van der Waals surface area contributed by atoms with E-state index in [4.69, 9.17) is 4.99 Å². The number of benzene rings is 1. The fourth-order valence-corrected chi connectivity index (χ4v) is 5.79. The maximum atomic E-state index is 12.3. The van der Waals surface area contributed by atoms with E-state index in [0.29, 0.717) is 6.54 Å². The quantitative estimate of drug-likeness (QED) is 0.695. The molecule has 7 nitrogen and oxygen atoms in total. The summed E-state index contributed by atoms with van der Waals surface area (Å²) in [5.41, 5.74) is 3.19. The van der Waals surface area contributed by atoms with Gasteiger partial charge in [-0.2, -0.15) is 0 Å². The molecule has 0 aliphatic carbocycles. The first-order valence-corrected chi connectivity index (χ1v) is 12.6. The lowest BCUT2D eigenvalue weighted by Crippen LogP contribution is -2.49. The SMILES string of the molecule is Cc1cc2c(s1)Nc1ccccc1N=C2N1CCN(CCCN2C(=O)C(C)C(C)C2=O)CC1. The van der Waals surface area contributed by atoms with Crippen molar-refractivity contribution in [2.75, 3.05) is 44.6 Å². The number of hydrogen-bond acceptors (Lipinski definition) is 7. The Hall–Kier alpha value is -2.71. The summed E-state index contributed by atoms with van der Waals surface area (Å²) in [5, 5.41) is 4.73. The molecule has 4 heterocycles. The molecule has 1 aromatic carbocycles. The van der Waals surface area contributed by atoms with Gasteiger partial charge >= 0.3 is 0 Å². The Labute approximate surface area is 199 Å². The minimum absolute atomic E-state index is 0.0144. The monoisotopic (exact) mass is 465 g/mol. The number of para-hydroxylation sites is 2. The summed E-state index contributed by atoms with van der Waals surface area (Å²) in [5.74, 6) is 0.639. The molecular weight excluding hydrogens is 434 g/mol. The summed E-state index contributed by atoms with van der Waals surface area (Å²) >= 11 is 1.77. The summed E-state index contributed by atoms with van der Waals surface area (Å²) in [6.07, 6.45) is 0.822. The molecule has 2 fully saturated rings. The number of carbonyl (C=O) groups excluding carboxylic acids is 2. The Morgan fingerprint density at radius 1 is 1.03 bits per heavy atom. The van der Waals surface area contributed by atoms with E-state index in [1.54, 1.807) is 11.3 Å². The fraction of sp³-hybridized carbons (Fsp3) is 0.480. The maximum absolute atomic E-state index is 12.3. The number of carbonyl (C=O) groups is 2. The molecule has 2 atom stereocenters. The number of aliphatic imine (C=N–C) groups is 1. The summed E-state index contributed by atoms with van der Waals surface area (Å²) in [6, 6.07) is 10.4. The number of imide groups is 1. The van der Waals surface area contributed by atoms with Crippen molar-refractivity contribution in [1.82, 2.24) is 14.7 Å². The molecule has 3 aliphatic heterocycles. The van der Waals surface area contributed by atoms with Crippen LogP contribution in [0.5, 0.6) is 0 Å². The van der Waals surface area contributed by atoms with Gasteiger partial charge in [0.15, 0.2) is 0 Å². The van der Waals surface area contributed by atoms with Crippen molar-refractivity contribution in [3.05, 3.63) is 40.8 Å². The van der Waals surface area contributed by atoms with Crippen LogP contribution < -0.4 is 5.32 Å². The first kappa shape index (κ1) is 22.1. The Kier molecular flexibility index (Phi) is 5.97. The van der Waals surface area contributed by atoms with Crippen molar-refractivity contribution in [2.24, 2.45) is 16.8 Å². The lowest BCUT2D eigenvalue weighted by Gasteiger charge is -2.36.